The Kier molecular flexibility index (Phi) is 5.54. The first-order valence-electron chi connectivity index (χ1n) is 8.65. The summed E-state index contributed by atoms with van der Waals surface area (Å²) in [5, 5.41) is 1.07. The third-order valence-electron chi connectivity index (χ3n) is 4.57. The van der Waals surface area contributed by atoms with Gasteiger partial charge in [-0.1, -0.05) is 54.6 Å². The average Bonchev–Trinajstić information content (AvgIpc) is 2.62. The Morgan fingerprint density at radius 1 is 0.808 bits per heavy atom. The summed E-state index contributed by atoms with van der Waals surface area (Å²) in [7, 11) is 2.65. The van der Waals surface area contributed by atoms with Gasteiger partial charge in [-0.2, -0.15) is 0 Å². The molecule has 0 N–H and O–H groups in total. The number of carbonyl (C=O) groups excluding carboxylic acids is 1. The molecule has 132 valence electrons. The SMILES string of the molecule is Cc1ccccc1C(Oc1ccc(P)cc1)C(=O)c1c(C)cccc1C. The molecular formula is C23H23O2P. The van der Waals surface area contributed by atoms with E-state index in [-0.39, 0.29) is 5.78 Å². The number of aryl methyl sites for hydroxylation is 3. The number of benzene rings is 3. The van der Waals surface area contributed by atoms with Gasteiger partial charge in [0.25, 0.3) is 0 Å². The maximum atomic E-state index is 13.5. The van der Waals surface area contributed by atoms with E-state index < -0.39 is 6.10 Å². The van der Waals surface area contributed by atoms with Crippen molar-refractivity contribution < 1.29 is 9.53 Å². The Hall–Kier alpha value is -2.44. The molecule has 0 aromatic heterocycles. The van der Waals surface area contributed by atoms with Gasteiger partial charge in [0.15, 0.2) is 6.10 Å². The van der Waals surface area contributed by atoms with Crippen LogP contribution < -0.4 is 10.0 Å². The zero-order valence-corrected chi connectivity index (χ0v) is 16.5. The summed E-state index contributed by atoms with van der Waals surface area (Å²) in [5.74, 6) is 0.675. The molecule has 3 aromatic rings. The summed E-state index contributed by atoms with van der Waals surface area (Å²) in [6, 6.07) is 21.5. The van der Waals surface area contributed by atoms with Crippen LogP contribution >= 0.6 is 9.24 Å². The lowest BCUT2D eigenvalue weighted by atomic mass is 9.91. The highest BCUT2D eigenvalue weighted by Gasteiger charge is 2.27. The molecule has 0 saturated carbocycles. The molecule has 3 rings (SSSR count). The first kappa shape index (κ1) is 18.4. The predicted molar refractivity (Wildman–Crippen MR) is 111 cm³/mol. The minimum atomic E-state index is -0.675. The summed E-state index contributed by atoms with van der Waals surface area (Å²) in [5.41, 5.74) is 4.62. The topological polar surface area (TPSA) is 26.3 Å². The molecule has 2 unspecified atom stereocenters. The van der Waals surface area contributed by atoms with Crippen molar-refractivity contribution in [1.29, 1.82) is 0 Å². The smallest absolute Gasteiger partial charge is 0.208 e. The molecule has 3 heteroatoms. The zero-order valence-electron chi connectivity index (χ0n) is 15.3. The lowest BCUT2D eigenvalue weighted by Gasteiger charge is -2.22. The standard InChI is InChI=1S/C23H23O2P/c1-15-7-4-5-10-20(15)23(25-18-11-13-19(26)14-12-18)22(24)21-16(2)8-6-9-17(21)3/h4-14,23H,26H2,1-3H3. The predicted octanol–water partition coefficient (Wildman–Crippen LogP) is 5.12. The van der Waals surface area contributed by atoms with Crippen molar-refractivity contribution in [2.45, 2.75) is 26.9 Å². The quantitative estimate of drug-likeness (QED) is 0.465. The fourth-order valence-electron chi connectivity index (χ4n) is 3.16. The Morgan fingerprint density at radius 3 is 2.00 bits per heavy atom. The number of hydrogen-bond acceptors (Lipinski definition) is 2. The van der Waals surface area contributed by atoms with Crippen LogP contribution in [0.15, 0.2) is 66.7 Å². The van der Waals surface area contributed by atoms with Gasteiger partial charge in [-0.15, -0.1) is 9.24 Å². The molecule has 0 aliphatic rings. The molecule has 0 bridgehead atoms. The van der Waals surface area contributed by atoms with Crippen molar-refractivity contribution in [3.05, 3.63) is 94.5 Å². The van der Waals surface area contributed by atoms with Gasteiger partial charge < -0.3 is 4.74 Å². The number of Topliss-reactive ketones (excluding diaryl/α,β-unsaturated/α-hetero) is 1. The molecule has 0 spiro atoms. The van der Waals surface area contributed by atoms with Crippen LogP contribution in [0.3, 0.4) is 0 Å². The first-order valence-corrected chi connectivity index (χ1v) is 9.23. The van der Waals surface area contributed by atoms with Crippen molar-refractivity contribution in [3.8, 4) is 5.75 Å². The van der Waals surface area contributed by atoms with Crippen molar-refractivity contribution >= 4 is 20.3 Å². The van der Waals surface area contributed by atoms with Crippen molar-refractivity contribution in [2.24, 2.45) is 0 Å². The maximum absolute atomic E-state index is 13.5. The van der Waals surface area contributed by atoms with Crippen molar-refractivity contribution in [2.75, 3.05) is 0 Å². The van der Waals surface area contributed by atoms with Crippen molar-refractivity contribution in [3.63, 3.8) is 0 Å². The molecular weight excluding hydrogens is 339 g/mol. The van der Waals surface area contributed by atoms with E-state index in [1.54, 1.807) is 0 Å². The Balaban J connectivity index is 2.07. The monoisotopic (exact) mass is 362 g/mol. The maximum Gasteiger partial charge on any atom is 0.208 e. The second-order valence-electron chi connectivity index (χ2n) is 6.55. The molecule has 3 aromatic carbocycles. The molecule has 0 fully saturated rings. The van der Waals surface area contributed by atoms with Gasteiger partial charge in [0, 0.05) is 11.1 Å². The van der Waals surface area contributed by atoms with Crippen LogP contribution in [0.25, 0.3) is 0 Å². The zero-order chi connectivity index (χ0) is 18.7. The van der Waals surface area contributed by atoms with Gasteiger partial charge in [-0.3, -0.25) is 4.79 Å². The van der Waals surface area contributed by atoms with E-state index in [4.69, 9.17) is 4.74 Å². The summed E-state index contributed by atoms with van der Waals surface area (Å²) >= 11 is 0. The fourth-order valence-corrected chi connectivity index (χ4v) is 3.35. The fraction of sp³-hybridized carbons (Fsp3) is 0.174. The van der Waals surface area contributed by atoms with E-state index in [1.165, 1.54) is 0 Å². The van der Waals surface area contributed by atoms with E-state index in [1.807, 2.05) is 87.5 Å². The largest absolute Gasteiger partial charge is 0.477 e. The van der Waals surface area contributed by atoms with E-state index in [9.17, 15) is 4.79 Å². The number of carbonyl (C=O) groups is 1. The highest BCUT2D eigenvalue weighted by Crippen LogP contribution is 2.29. The lowest BCUT2D eigenvalue weighted by molar-refractivity contribution is 0.0790. The Bertz CT molecular complexity index is 909. The van der Waals surface area contributed by atoms with Crippen LogP contribution in [0.4, 0.5) is 0 Å². The third kappa shape index (κ3) is 3.86. The van der Waals surface area contributed by atoms with Crippen LogP contribution in [-0.2, 0) is 0 Å². The molecule has 0 heterocycles. The van der Waals surface area contributed by atoms with Crippen LogP contribution in [0.1, 0.15) is 38.7 Å². The van der Waals surface area contributed by atoms with E-state index in [0.717, 1.165) is 33.1 Å². The van der Waals surface area contributed by atoms with Crippen LogP contribution in [0, 0.1) is 20.8 Å². The molecule has 0 amide bonds. The summed E-state index contributed by atoms with van der Waals surface area (Å²) in [6.45, 7) is 5.95. The normalized spacial score (nSPS) is 11.8. The highest BCUT2D eigenvalue weighted by molar-refractivity contribution is 7.27. The van der Waals surface area contributed by atoms with Crippen LogP contribution in [0.2, 0.25) is 0 Å². The van der Waals surface area contributed by atoms with Gasteiger partial charge >= 0.3 is 0 Å². The molecule has 0 radical (unpaired) electrons. The van der Waals surface area contributed by atoms with Gasteiger partial charge in [0.05, 0.1) is 0 Å². The minimum absolute atomic E-state index is 0.00940. The van der Waals surface area contributed by atoms with Crippen LogP contribution in [-0.4, -0.2) is 5.78 Å². The van der Waals surface area contributed by atoms with E-state index in [0.29, 0.717) is 5.75 Å². The van der Waals surface area contributed by atoms with Gasteiger partial charge in [-0.25, -0.2) is 0 Å². The minimum Gasteiger partial charge on any atom is -0.477 e. The number of ether oxygens (including phenoxy) is 1. The summed E-state index contributed by atoms with van der Waals surface area (Å²) in [4.78, 5) is 13.5. The second-order valence-corrected chi connectivity index (χ2v) is 7.22. The molecule has 2 nitrogen and oxygen atoms in total. The summed E-state index contributed by atoms with van der Waals surface area (Å²) < 4.78 is 6.20. The Morgan fingerprint density at radius 2 is 1.38 bits per heavy atom. The van der Waals surface area contributed by atoms with Gasteiger partial charge in [-0.05, 0) is 54.9 Å². The average molecular weight is 362 g/mol. The molecule has 2 atom stereocenters. The molecule has 0 saturated heterocycles. The molecule has 0 aliphatic carbocycles. The van der Waals surface area contributed by atoms with Gasteiger partial charge in [0.2, 0.25) is 5.78 Å². The second kappa shape index (κ2) is 7.85. The third-order valence-corrected chi connectivity index (χ3v) is 4.96. The van der Waals surface area contributed by atoms with Crippen molar-refractivity contribution in [1.82, 2.24) is 0 Å². The van der Waals surface area contributed by atoms with Gasteiger partial charge in [0.1, 0.15) is 5.75 Å². The lowest BCUT2D eigenvalue weighted by Crippen LogP contribution is -2.22. The number of ketones is 1. The van der Waals surface area contributed by atoms with E-state index in [2.05, 4.69) is 9.24 Å². The van der Waals surface area contributed by atoms with Crippen LogP contribution in [0.5, 0.6) is 5.75 Å². The molecule has 0 aliphatic heterocycles. The Labute approximate surface area is 157 Å². The molecule has 26 heavy (non-hydrogen) atoms. The van der Waals surface area contributed by atoms with E-state index >= 15 is 0 Å². The highest BCUT2D eigenvalue weighted by atomic mass is 31.0. The first-order chi connectivity index (χ1) is 12.5. The number of rotatable bonds is 5. The number of hydrogen-bond donors (Lipinski definition) is 0. The summed E-state index contributed by atoms with van der Waals surface area (Å²) in [6.07, 6.45) is -0.675.